The van der Waals surface area contributed by atoms with E-state index in [1.54, 1.807) is 0 Å². The first kappa shape index (κ1) is 22.0. The fraction of sp³-hybridized carbons (Fsp3) is 0.316. The van der Waals surface area contributed by atoms with Gasteiger partial charge in [0.05, 0.1) is 11.6 Å². The molecule has 3 nitrogen and oxygen atoms in total. The summed E-state index contributed by atoms with van der Waals surface area (Å²) in [6.07, 6.45) is -3.07. The van der Waals surface area contributed by atoms with Crippen LogP contribution in [-0.2, 0) is 17.4 Å². The van der Waals surface area contributed by atoms with Crippen molar-refractivity contribution < 1.29 is 18.0 Å². The van der Waals surface area contributed by atoms with Crippen LogP contribution in [0.25, 0.3) is 11.1 Å². The van der Waals surface area contributed by atoms with E-state index in [2.05, 4.69) is 5.32 Å². The van der Waals surface area contributed by atoms with Crippen molar-refractivity contribution in [2.24, 2.45) is 5.73 Å². The molecule has 0 aliphatic rings. The van der Waals surface area contributed by atoms with Gasteiger partial charge >= 0.3 is 6.18 Å². The zero-order valence-electron chi connectivity index (χ0n) is 14.3. The van der Waals surface area contributed by atoms with Crippen molar-refractivity contribution in [3.63, 3.8) is 0 Å². The summed E-state index contributed by atoms with van der Waals surface area (Å²) in [5, 5.41) is 2.78. The SMILES string of the molecule is CC[C@H](N)C(=O)NCCc1ccc(-c2ccc(C(F)(F)F)cc2)cc1.Cl. The van der Waals surface area contributed by atoms with Gasteiger partial charge in [-0.3, -0.25) is 4.79 Å². The van der Waals surface area contributed by atoms with Gasteiger partial charge in [-0.15, -0.1) is 12.4 Å². The molecule has 0 radical (unpaired) electrons. The number of benzene rings is 2. The first-order valence-electron chi connectivity index (χ1n) is 8.11. The molecule has 0 saturated heterocycles. The standard InChI is InChI=1S/C19H21F3N2O.ClH/c1-2-17(23)18(25)24-12-11-13-3-5-14(6-4-13)15-7-9-16(10-8-15)19(20,21)22;/h3-10,17H,2,11-12,23H2,1H3,(H,24,25);1H/t17-;/m0./s1. The van der Waals surface area contributed by atoms with Gasteiger partial charge in [0.15, 0.2) is 0 Å². The van der Waals surface area contributed by atoms with Crippen LogP contribution in [0, 0.1) is 0 Å². The van der Waals surface area contributed by atoms with Crippen LogP contribution >= 0.6 is 12.4 Å². The van der Waals surface area contributed by atoms with Crippen molar-refractivity contribution in [3.8, 4) is 11.1 Å². The second-order valence-electron chi connectivity index (χ2n) is 5.83. The van der Waals surface area contributed by atoms with Crippen molar-refractivity contribution in [2.45, 2.75) is 32.0 Å². The molecular formula is C19H22ClF3N2O. The van der Waals surface area contributed by atoms with Crippen LogP contribution in [0.3, 0.4) is 0 Å². The molecular weight excluding hydrogens is 365 g/mol. The average Bonchev–Trinajstić information content (AvgIpc) is 2.61. The Morgan fingerprint density at radius 1 is 1.04 bits per heavy atom. The number of amides is 1. The smallest absolute Gasteiger partial charge is 0.354 e. The summed E-state index contributed by atoms with van der Waals surface area (Å²) in [6, 6.07) is 12.1. The molecule has 1 atom stereocenters. The maximum atomic E-state index is 12.6. The second kappa shape index (κ2) is 9.59. The lowest BCUT2D eigenvalue weighted by molar-refractivity contribution is -0.137. The quantitative estimate of drug-likeness (QED) is 0.782. The fourth-order valence-corrected chi connectivity index (χ4v) is 2.36. The van der Waals surface area contributed by atoms with Gasteiger partial charge < -0.3 is 11.1 Å². The molecule has 0 unspecified atom stereocenters. The molecule has 0 fully saturated rings. The Hall–Kier alpha value is -2.05. The molecule has 0 aromatic heterocycles. The van der Waals surface area contributed by atoms with Gasteiger partial charge in [0.2, 0.25) is 5.91 Å². The molecule has 26 heavy (non-hydrogen) atoms. The summed E-state index contributed by atoms with van der Waals surface area (Å²) < 4.78 is 37.8. The maximum Gasteiger partial charge on any atom is 0.416 e. The number of rotatable bonds is 6. The number of hydrogen-bond acceptors (Lipinski definition) is 2. The van der Waals surface area contributed by atoms with Gasteiger partial charge in [-0.05, 0) is 41.7 Å². The molecule has 2 rings (SSSR count). The van der Waals surface area contributed by atoms with E-state index in [-0.39, 0.29) is 18.3 Å². The summed E-state index contributed by atoms with van der Waals surface area (Å²) in [4.78, 5) is 11.6. The van der Waals surface area contributed by atoms with E-state index in [0.29, 0.717) is 19.4 Å². The first-order valence-corrected chi connectivity index (χ1v) is 8.11. The highest BCUT2D eigenvalue weighted by molar-refractivity contribution is 5.85. The molecule has 0 spiro atoms. The Morgan fingerprint density at radius 3 is 2.00 bits per heavy atom. The number of carbonyl (C=O) groups is 1. The topological polar surface area (TPSA) is 55.1 Å². The molecule has 1 amide bonds. The van der Waals surface area contributed by atoms with Crippen LogP contribution in [0.1, 0.15) is 24.5 Å². The Balaban J connectivity index is 0.00000338. The normalized spacial score (nSPS) is 12.2. The molecule has 3 N–H and O–H groups in total. The zero-order chi connectivity index (χ0) is 18.4. The minimum absolute atomic E-state index is 0. The number of carbonyl (C=O) groups excluding carboxylic acids is 1. The number of halogens is 4. The van der Waals surface area contributed by atoms with Gasteiger partial charge in [0.25, 0.3) is 0 Å². The van der Waals surface area contributed by atoms with Crippen molar-refractivity contribution in [2.75, 3.05) is 6.54 Å². The minimum Gasteiger partial charge on any atom is -0.354 e. The average molecular weight is 387 g/mol. The van der Waals surface area contributed by atoms with Crippen LogP contribution in [0.2, 0.25) is 0 Å². The highest BCUT2D eigenvalue weighted by Gasteiger charge is 2.29. The summed E-state index contributed by atoms with van der Waals surface area (Å²) in [6.45, 7) is 2.34. The highest BCUT2D eigenvalue weighted by atomic mass is 35.5. The van der Waals surface area contributed by atoms with E-state index in [1.165, 1.54) is 12.1 Å². The maximum absolute atomic E-state index is 12.6. The van der Waals surface area contributed by atoms with Crippen molar-refractivity contribution in [1.82, 2.24) is 5.32 Å². The summed E-state index contributed by atoms with van der Waals surface area (Å²) >= 11 is 0. The monoisotopic (exact) mass is 386 g/mol. The molecule has 0 aliphatic carbocycles. The van der Waals surface area contributed by atoms with Crippen LogP contribution in [-0.4, -0.2) is 18.5 Å². The lowest BCUT2D eigenvalue weighted by Gasteiger charge is -2.10. The van der Waals surface area contributed by atoms with Gasteiger partial charge in [0.1, 0.15) is 0 Å². The number of nitrogens with one attached hydrogen (secondary N) is 1. The number of nitrogens with two attached hydrogens (primary N) is 1. The lowest BCUT2D eigenvalue weighted by Crippen LogP contribution is -2.40. The Bertz CT molecular complexity index is 700. The lowest BCUT2D eigenvalue weighted by atomic mass is 10.0. The molecule has 0 aliphatic heterocycles. The van der Waals surface area contributed by atoms with Gasteiger partial charge in [-0.1, -0.05) is 43.3 Å². The van der Waals surface area contributed by atoms with Crippen LogP contribution < -0.4 is 11.1 Å². The van der Waals surface area contributed by atoms with E-state index in [9.17, 15) is 18.0 Å². The van der Waals surface area contributed by atoms with Crippen LogP contribution in [0.5, 0.6) is 0 Å². The van der Waals surface area contributed by atoms with Crippen molar-refractivity contribution in [3.05, 3.63) is 59.7 Å². The van der Waals surface area contributed by atoms with Crippen molar-refractivity contribution in [1.29, 1.82) is 0 Å². The molecule has 0 bridgehead atoms. The Morgan fingerprint density at radius 2 is 1.54 bits per heavy atom. The van der Waals surface area contributed by atoms with E-state index in [1.807, 2.05) is 31.2 Å². The molecule has 7 heteroatoms. The van der Waals surface area contributed by atoms with E-state index in [4.69, 9.17) is 5.73 Å². The van der Waals surface area contributed by atoms with E-state index in [0.717, 1.165) is 28.8 Å². The van der Waals surface area contributed by atoms with Gasteiger partial charge in [0, 0.05) is 6.54 Å². The summed E-state index contributed by atoms with van der Waals surface area (Å²) in [7, 11) is 0. The van der Waals surface area contributed by atoms with Crippen LogP contribution in [0.4, 0.5) is 13.2 Å². The van der Waals surface area contributed by atoms with Crippen LogP contribution in [0.15, 0.2) is 48.5 Å². The third-order valence-electron chi connectivity index (χ3n) is 3.99. The first-order chi connectivity index (χ1) is 11.8. The summed E-state index contributed by atoms with van der Waals surface area (Å²) in [5.41, 5.74) is 7.57. The van der Waals surface area contributed by atoms with E-state index >= 15 is 0 Å². The molecule has 0 heterocycles. The van der Waals surface area contributed by atoms with Gasteiger partial charge in [-0.25, -0.2) is 0 Å². The number of hydrogen-bond donors (Lipinski definition) is 2. The molecule has 142 valence electrons. The fourth-order valence-electron chi connectivity index (χ4n) is 2.36. The number of alkyl halides is 3. The predicted octanol–water partition coefficient (Wildman–Crippen LogP) is 4.19. The largest absolute Gasteiger partial charge is 0.416 e. The molecule has 0 saturated carbocycles. The molecule has 2 aromatic carbocycles. The predicted molar refractivity (Wildman–Crippen MR) is 99.1 cm³/mol. The third kappa shape index (κ3) is 6.04. The Labute approximate surface area is 157 Å². The van der Waals surface area contributed by atoms with Gasteiger partial charge in [-0.2, -0.15) is 13.2 Å². The van der Waals surface area contributed by atoms with Crippen molar-refractivity contribution >= 4 is 18.3 Å². The second-order valence-corrected chi connectivity index (χ2v) is 5.83. The minimum atomic E-state index is -4.33. The molecule has 2 aromatic rings. The zero-order valence-corrected chi connectivity index (χ0v) is 15.2. The third-order valence-corrected chi connectivity index (χ3v) is 3.99. The highest BCUT2D eigenvalue weighted by Crippen LogP contribution is 2.31. The Kier molecular flexibility index (Phi) is 8.11. The van der Waals surface area contributed by atoms with E-state index < -0.39 is 17.8 Å². The summed E-state index contributed by atoms with van der Waals surface area (Å²) in [5.74, 6) is -0.163.